The predicted octanol–water partition coefficient (Wildman–Crippen LogP) is 3.05. The van der Waals surface area contributed by atoms with Crippen LogP contribution < -0.4 is 10.5 Å². The highest BCUT2D eigenvalue weighted by Gasteiger charge is 2.17. The van der Waals surface area contributed by atoms with Crippen LogP contribution in [0.1, 0.15) is 5.56 Å². The zero-order valence-electron chi connectivity index (χ0n) is 10.3. The summed E-state index contributed by atoms with van der Waals surface area (Å²) < 4.78 is 26.8. The average molecular weight is 331 g/mol. The SMILES string of the molecule is Nc1ccc(S(=O)(=O)NCc2ccc(Cl)cc2)c(Cl)c1. The predicted molar refractivity (Wildman–Crippen MR) is 81.3 cm³/mol. The van der Waals surface area contributed by atoms with Crippen LogP contribution in [0, 0.1) is 0 Å². The molecule has 0 amide bonds. The summed E-state index contributed by atoms with van der Waals surface area (Å²) in [5, 5.41) is 0.687. The lowest BCUT2D eigenvalue weighted by Gasteiger charge is -2.09. The van der Waals surface area contributed by atoms with E-state index >= 15 is 0 Å². The molecule has 0 saturated carbocycles. The van der Waals surface area contributed by atoms with Gasteiger partial charge >= 0.3 is 0 Å². The molecule has 0 aliphatic heterocycles. The molecule has 0 fully saturated rings. The minimum atomic E-state index is -3.69. The van der Waals surface area contributed by atoms with Crippen molar-refractivity contribution in [3.05, 3.63) is 58.1 Å². The average Bonchev–Trinajstić information content (AvgIpc) is 2.37. The van der Waals surface area contributed by atoms with E-state index in [1.54, 1.807) is 24.3 Å². The van der Waals surface area contributed by atoms with Gasteiger partial charge in [-0.1, -0.05) is 35.3 Å². The van der Waals surface area contributed by atoms with Gasteiger partial charge < -0.3 is 5.73 Å². The normalized spacial score (nSPS) is 11.5. The summed E-state index contributed by atoms with van der Waals surface area (Å²) in [7, 11) is -3.69. The van der Waals surface area contributed by atoms with Gasteiger partial charge in [0.2, 0.25) is 10.0 Å². The van der Waals surface area contributed by atoms with Gasteiger partial charge in [-0.05, 0) is 35.9 Å². The molecule has 20 heavy (non-hydrogen) atoms. The van der Waals surface area contributed by atoms with E-state index in [0.29, 0.717) is 10.7 Å². The van der Waals surface area contributed by atoms with Crippen molar-refractivity contribution in [1.29, 1.82) is 0 Å². The zero-order chi connectivity index (χ0) is 14.8. The van der Waals surface area contributed by atoms with E-state index in [1.165, 1.54) is 18.2 Å². The number of hydrogen-bond acceptors (Lipinski definition) is 3. The Morgan fingerprint density at radius 2 is 1.70 bits per heavy atom. The molecule has 0 unspecified atom stereocenters. The van der Waals surface area contributed by atoms with E-state index in [4.69, 9.17) is 28.9 Å². The summed E-state index contributed by atoms with van der Waals surface area (Å²) in [6.45, 7) is 0.153. The Kier molecular flexibility index (Phi) is 4.55. The van der Waals surface area contributed by atoms with Crippen molar-refractivity contribution in [1.82, 2.24) is 4.72 Å². The molecular weight excluding hydrogens is 319 g/mol. The molecule has 4 nitrogen and oxygen atoms in total. The molecule has 2 aromatic rings. The fraction of sp³-hybridized carbons (Fsp3) is 0.0769. The van der Waals surface area contributed by atoms with Crippen molar-refractivity contribution in [3.63, 3.8) is 0 Å². The zero-order valence-corrected chi connectivity index (χ0v) is 12.6. The van der Waals surface area contributed by atoms with Gasteiger partial charge in [0.15, 0.2) is 0 Å². The second-order valence-electron chi connectivity index (χ2n) is 4.14. The molecule has 2 rings (SSSR count). The molecule has 2 aromatic carbocycles. The maximum absolute atomic E-state index is 12.1. The van der Waals surface area contributed by atoms with Gasteiger partial charge in [0.1, 0.15) is 4.90 Å². The maximum atomic E-state index is 12.1. The van der Waals surface area contributed by atoms with Gasteiger partial charge in [-0.3, -0.25) is 0 Å². The molecule has 7 heteroatoms. The van der Waals surface area contributed by atoms with Crippen LogP contribution in [-0.2, 0) is 16.6 Å². The van der Waals surface area contributed by atoms with E-state index in [-0.39, 0.29) is 16.5 Å². The second-order valence-corrected chi connectivity index (χ2v) is 6.72. The van der Waals surface area contributed by atoms with Gasteiger partial charge in [-0.15, -0.1) is 0 Å². The third-order valence-electron chi connectivity index (χ3n) is 2.63. The Labute approximate surface area is 127 Å². The summed E-state index contributed by atoms with van der Waals surface area (Å²) in [5.41, 5.74) is 6.74. The van der Waals surface area contributed by atoms with Crippen LogP contribution in [0.15, 0.2) is 47.4 Å². The van der Waals surface area contributed by atoms with E-state index in [1.807, 2.05) is 0 Å². The fourth-order valence-electron chi connectivity index (χ4n) is 1.59. The fourth-order valence-corrected chi connectivity index (χ4v) is 3.29. The topological polar surface area (TPSA) is 72.2 Å². The van der Waals surface area contributed by atoms with E-state index < -0.39 is 10.0 Å². The van der Waals surface area contributed by atoms with E-state index in [2.05, 4.69) is 4.72 Å². The maximum Gasteiger partial charge on any atom is 0.242 e. The Morgan fingerprint density at radius 3 is 2.30 bits per heavy atom. The highest BCUT2D eigenvalue weighted by molar-refractivity contribution is 7.89. The van der Waals surface area contributed by atoms with Crippen molar-refractivity contribution in [2.45, 2.75) is 11.4 Å². The summed E-state index contributed by atoms with van der Waals surface area (Å²) >= 11 is 11.7. The first-order valence-electron chi connectivity index (χ1n) is 5.67. The molecule has 0 atom stereocenters. The molecule has 0 aliphatic carbocycles. The molecule has 0 aromatic heterocycles. The van der Waals surface area contributed by atoms with Crippen molar-refractivity contribution in [2.75, 3.05) is 5.73 Å². The Hall–Kier alpha value is -1.27. The van der Waals surface area contributed by atoms with Gasteiger partial charge in [0.25, 0.3) is 0 Å². The number of anilines is 1. The van der Waals surface area contributed by atoms with Crippen molar-refractivity contribution < 1.29 is 8.42 Å². The quantitative estimate of drug-likeness (QED) is 0.846. The minimum Gasteiger partial charge on any atom is -0.399 e. The Bertz CT molecular complexity index is 716. The number of halogens is 2. The number of nitrogens with one attached hydrogen (secondary N) is 1. The summed E-state index contributed by atoms with van der Waals surface area (Å²) in [4.78, 5) is 0.00216. The first-order valence-corrected chi connectivity index (χ1v) is 7.91. The third kappa shape index (κ3) is 3.64. The molecule has 0 spiro atoms. The monoisotopic (exact) mass is 330 g/mol. The van der Waals surface area contributed by atoms with Crippen LogP contribution in [0.5, 0.6) is 0 Å². The molecular formula is C13H12Cl2N2O2S. The van der Waals surface area contributed by atoms with Crippen LogP contribution >= 0.6 is 23.2 Å². The molecule has 0 radical (unpaired) electrons. The Balaban J connectivity index is 2.17. The van der Waals surface area contributed by atoms with Crippen molar-refractivity contribution >= 4 is 38.9 Å². The molecule has 0 heterocycles. The second kappa shape index (κ2) is 6.01. The number of nitrogen functional groups attached to an aromatic ring is 1. The number of hydrogen-bond donors (Lipinski definition) is 2. The number of sulfonamides is 1. The first-order chi connectivity index (χ1) is 9.38. The standard InChI is InChI=1S/C13H12Cl2N2O2S/c14-10-3-1-9(2-4-10)8-17-20(18,19)13-6-5-11(16)7-12(13)15/h1-7,17H,8,16H2. The number of nitrogens with two attached hydrogens (primary N) is 1. The minimum absolute atomic E-state index is 0.00216. The largest absolute Gasteiger partial charge is 0.399 e. The highest BCUT2D eigenvalue weighted by Crippen LogP contribution is 2.23. The molecule has 0 saturated heterocycles. The number of rotatable bonds is 4. The number of benzene rings is 2. The summed E-state index contributed by atoms with van der Waals surface area (Å²) in [6, 6.07) is 11.1. The highest BCUT2D eigenvalue weighted by atomic mass is 35.5. The van der Waals surface area contributed by atoms with Gasteiger partial charge in [0.05, 0.1) is 5.02 Å². The van der Waals surface area contributed by atoms with Crippen molar-refractivity contribution in [3.8, 4) is 0 Å². The first kappa shape index (κ1) is 15.1. The lowest BCUT2D eigenvalue weighted by molar-refractivity contribution is 0.581. The van der Waals surface area contributed by atoms with Crippen LogP contribution in [0.3, 0.4) is 0 Å². The lowest BCUT2D eigenvalue weighted by atomic mass is 10.2. The van der Waals surface area contributed by atoms with Gasteiger partial charge in [-0.25, -0.2) is 13.1 Å². The van der Waals surface area contributed by atoms with Gasteiger partial charge in [-0.2, -0.15) is 0 Å². The van der Waals surface area contributed by atoms with Crippen LogP contribution in [0.25, 0.3) is 0 Å². The van der Waals surface area contributed by atoms with Gasteiger partial charge in [0, 0.05) is 17.3 Å². The van der Waals surface area contributed by atoms with E-state index in [9.17, 15) is 8.42 Å². The van der Waals surface area contributed by atoms with Crippen LogP contribution in [-0.4, -0.2) is 8.42 Å². The molecule has 0 bridgehead atoms. The summed E-state index contributed by atoms with van der Waals surface area (Å²) in [5.74, 6) is 0. The lowest BCUT2D eigenvalue weighted by Crippen LogP contribution is -2.23. The molecule has 3 N–H and O–H groups in total. The molecule has 106 valence electrons. The van der Waals surface area contributed by atoms with Crippen LogP contribution in [0.2, 0.25) is 10.0 Å². The Morgan fingerprint density at radius 1 is 1.05 bits per heavy atom. The third-order valence-corrected chi connectivity index (χ3v) is 4.76. The van der Waals surface area contributed by atoms with E-state index in [0.717, 1.165) is 5.56 Å². The van der Waals surface area contributed by atoms with Crippen molar-refractivity contribution in [2.24, 2.45) is 0 Å². The molecule has 0 aliphatic rings. The summed E-state index contributed by atoms with van der Waals surface area (Å²) in [6.07, 6.45) is 0. The van der Waals surface area contributed by atoms with Crippen LogP contribution in [0.4, 0.5) is 5.69 Å². The smallest absolute Gasteiger partial charge is 0.242 e.